The van der Waals surface area contributed by atoms with E-state index in [-0.39, 0.29) is 6.10 Å². The Morgan fingerprint density at radius 2 is 2.25 bits per heavy atom. The Morgan fingerprint density at radius 3 is 2.75 bits per heavy atom. The highest BCUT2D eigenvalue weighted by Gasteiger charge is 2.44. The Labute approximate surface area is 72.0 Å². The van der Waals surface area contributed by atoms with E-state index in [1.165, 1.54) is 0 Å². The second kappa shape index (κ2) is 3.15. The summed E-state index contributed by atoms with van der Waals surface area (Å²) in [5, 5.41) is 0. The minimum Gasteiger partial charge on any atom is -0.375 e. The lowest BCUT2D eigenvalue weighted by Gasteiger charge is -2.27. The van der Waals surface area contributed by atoms with E-state index in [0.29, 0.717) is 6.61 Å². The molecule has 2 heterocycles. The van der Waals surface area contributed by atoms with Crippen LogP contribution in [0.25, 0.3) is 0 Å². The summed E-state index contributed by atoms with van der Waals surface area (Å²) in [5.41, 5.74) is -0.587. The van der Waals surface area contributed by atoms with Crippen LogP contribution in [0.5, 0.6) is 0 Å². The van der Waals surface area contributed by atoms with E-state index in [9.17, 15) is 4.79 Å². The summed E-state index contributed by atoms with van der Waals surface area (Å²) in [7, 11) is 0. The normalized spacial score (nSPS) is 41.8. The van der Waals surface area contributed by atoms with Gasteiger partial charge in [0, 0.05) is 13.2 Å². The van der Waals surface area contributed by atoms with Gasteiger partial charge in [0.1, 0.15) is 5.60 Å². The number of hydrogen-bond donors (Lipinski definition) is 0. The van der Waals surface area contributed by atoms with E-state index < -0.39 is 5.60 Å². The largest absolute Gasteiger partial charge is 0.375 e. The van der Waals surface area contributed by atoms with Gasteiger partial charge in [0.2, 0.25) is 0 Å². The Hall–Kier alpha value is -0.410. The highest BCUT2D eigenvalue weighted by molar-refractivity contribution is 5.64. The Balaban J connectivity index is 2.09. The third-order valence-electron chi connectivity index (χ3n) is 2.76. The maximum Gasteiger partial charge on any atom is 0.154 e. The first kappa shape index (κ1) is 8.20. The molecule has 68 valence electrons. The Morgan fingerprint density at radius 1 is 1.33 bits per heavy atom. The van der Waals surface area contributed by atoms with Crippen LogP contribution in [0.3, 0.4) is 0 Å². The van der Waals surface area contributed by atoms with Crippen molar-refractivity contribution in [3.63, 3.8) is 0 Å². The van der Waals surface area contributed by atoms with Crippen molar-refractivity contribution in [2.24, 2.45) is 0 Å². The molecule has 12 heavy (non-hydrogen) atoms. The number of rotatable bonds is 2. The van der Waals surface area contributed by atoms with Crippen LogP contribution in [0.2, 0.25) is 0 Å². The van der Waals surface area contributed by atoms with Crippen molar-refractivity contribution in [1.82, 2.24) is 0 Å². The standard InChI is InChI=1S/C9H14O3/c10-7-9(4-2-6-12-9)8-3-1-5-11-8/h7-8H,1-6H2/t8-,9-/m1/s1. The molecule has 0 saturated carbocycles. The molecule has 0 radical (unpaired) electrons. The molecule has 0 aromatic carbocycles. The molecule has 2 aliphatic heterocycles. The molecule has 0 aromatic rings. The zero-order valence-electron chi connectivity index (χ0n) is 7.12. The number of ether oxygens (including phenoxy) is 2. The van der Waals surface area contributed by atoms with Crippen LogP contribution in [0.1, 0.15) is 25.7 Å². The summed E-state index contributed by atoms with van der Waals surface area (Å²) in [5.74, 6) is 0. The number of carbonyl (C=O) groups excluding carboxylic acids is 1. The minimum absolute atomic E-state index is 0.0255. The fourth-order valence-electron chi connectivity index (χ4n) is 2.07. The summed E-state index contributed by atoms with van der Waals surface area (Å²) in [6, 6.07) is 0. The van der Waals surface area contributed by atoms with Crippen LogP contribution in [-0.2, 0) is 14.3 Å². The van der Waals surface area contributed by atoms with Crippen molar-refractivity contribution in [3.05, 3.63) is 0 Å². The van der Waals surface area contributed by atoms with Crippen molar-refractivity contribution in [3.8, 4) is 0 Å². The lowest BCUT2D eigenvalue weighted by atomic mass is 9.93. The van der Waals surface area contributed by atoms with Gasteiger partial charge >= 0.3 is 0 Å². The maximum absolute atomic E-state index is 10.9. The number of carbonyl (C=O) groups is 1. The first-order valence-corrected chi connectivity index (χ1v) is 4.59. The highest BCUT2D eigenvalue weighted by atomic mass is 16.6. The van der Waals surface area contributed by atoms with Gasteiger partial charge < -0.3 is 14.3 Å². The Bertz CT molecular complexity index is 167. The summed E-state index contributed by atoms with van der Waals surface area (Å²) >= 11 is 0. The van der Waals surface area contributed by atoms with Crippen LogP contribution in [0.4, 0.5) is 0 Å². The van der Waals surface area contributed by atoms with Crippen LogP contribution in [0, 0.1) is 0 Å². The van der Waals surface area contributed by atoms with Crippen molar-refractivity contribution in [2.45, 2.75) is 37.4 Å². The summed E-state index contributed by atoms with van der Waals surface area (Å²) < 4.78 is 11.0. The fourth-order valence-corrected chi connectivity index (χ4v) is 2.07. The monoisotopic (exact) mass is 170 g/mol. The smallest absolute Gasteiger partial charge is 0.154 e. The molecule has 2 atom stereocenters. The summed E-state index contributed by atoms with van der Waals surface area (Å²) in [4.78, 5) is 10.9. The third-order valence-corrected chi connectivity index (χ3v) is 2.76. The van der Waals surface area contributed by atoms with Crippen LogP contribution in [-0.4, -0.2) is 31.2 Å². The molecular weight excluding hydrogens is 156 g/mol. The number of aldehydes is 1. The lowest BCUT2D eigenvalue weighted by molar-refractivity contribution is -0.141. The second-order valence-corrected chi connectivity index (χ2v) is 3.53. The predicted molar refractivity (Wildman–Crippen MR) is 43.0 cm³/mol. The van der Waals surface area contributed by atoms with Crippen LogP contribution < -0.4 is 0 Å². The average molecular weight is 170 g/mol. The quantitative estimate of drug-likeness (QED) is 0.578. The molecule has 0 aromatic heterocycles. The van der Waals surface area contributed by atoms with Gasteiger partial charge in [-0.2, -0.15) is 0 Å². The zero-order valence-corrected chi connectivity index (χ0v) is 7.12. The number of hydrogen-bond acceptors (Lipinski definition) is 3. The average Bonchev–Trinajstić information content (AvgIpc) is 2.76. The van der Waals surface area contributed by atoms with E-state index in [0.717, 1.165) is 38.6 Å². The van der Waals surface area contributed by atoms with Crippen molar-refractivity contribution in [1.29, 1.82) is 0 Å². The lowest BCUT2D eigenvalue weighted by Crippen LogP contribution is -2.42. The SMILES string of the molecule is O=C[C@@]1([C@H]2CCCO2)CCCO1. The molecule has 0 amide bonds. The predicted octanol–water partition coefficient (Wildman–Crippen LogP) is 0.913. The molecular formula is C9H14O3. The minimum atomic E-state index is -0.587. The molecule has 3 heteroatoms. The van der Waals surface area contributed by atoms with Crippen LogP contribution >= 0.6 is 0 Å². The first-order chi connectivity index (χ1) is 5.87. The van der Waals surface area contributed by atoms with E-state index in [1.54, 1.807) is 0 Å². The fraction of sp³-hybridized carbons (Fsp3) is 0.889. The second-order valence-electron chi connectivity index (χ2n) is 3.53. The van der Waals surface area contributed by atoms with Gasteiger partial charge in [-0.25, -0.2) is 0 Å². The van der Waals surface area contributed by atoms with Gasteiger partial charge in [-0.1, -0.05) is 0 Å². The van der Waals surface area contributed by atoms with E-state index in [1.807, 2.05) is 0 Å². The summed E-state index contributed by atoms with van der Waals surface area (Å²) in [6.45, 7) is 1.49. The molecule has 0 aliphatic carbocycles. The van der Waals surface area contributed by atoms with Gasteiger partial charge in [-0.15, -0.1) is 0 Å². The molecule has 2 saturated heterocycles. The Kier molecular flexibility index (Phi) is 2.15. The van der Waals surface area contributed by atoms with E-state index >= 15 is 0 Å². The van der Waals surface area contributed by atoms with Crippen molar-refractivity contribution in [2.75, 3.05) is 13.2 Å². The molecule has 2 fully saturated rings. The molecule has 0 bridgehead atoms. The van der Waals surface area contributed by atoms with E-state index in [4.69, 9.17) is 9.47 Å². The van der Waals surface area contributed by atoms with Gasteiger partial charge in [0.15, 0.2) is 6.29 Å². The zero-order chi connectivity index (χ0) is 8.44. The van der Waals surface area contributed by atoms with Gasteiger partial charge in [0.05, 0.1) is 6.10 Å². The molecule has 3 nitrogen and oxygen atoms in total. The molecule has 0 spiro atoms. The van der Waals surface area contributed by atoms with Crippen molar-refractivity contribution >= 4 is 6.29 Å². The van der Waals surface area contributed by atoms with E-state index in [2.05, 4.69) is 0 Å². The molecule has 0 unspecified atom stereocenters. The molecule has 2 aliphatic rings. The van der Waals surface area contributed by atoms with Gasteiger partial charge in [0.25, 0.3) is 0 Å². The summed E-state index contributed by atoms with van der Waals surface area (Å²) in [6.07, 6.45) is 4.82. The highest BCUT2D eigenvalue weighted by Crippen LogP contribution is 2.33. The molecule has 2 rings (SSSR count). The topological polar surface area (TPSA) is 35.5 Å². The van der Waals surface area contributed by atoms with Crippen molar-refractivity contribution < 1.29 is 14.3 Å². The van der Waals surface area contributed by atoms with Gasteiger partial charge in [-0.3, -0.25) is 0 Å². The molecule has 0 N–H and O–H groups in total. The first-order valence-electron chi connectivity index (χ1n) is 4.59. The maximum atomic E-state index is 10.9. The van der Waals surface area contributed by atoms with Crippen LogP contribution in [0.15, 0.2) is 0 Å². The third kappa shape index (κ3) is 1.17. The van der Waals surface area contributed by atoms with Gasteiger partial charge in [-0.05, 0) is 25.7 Å².